The van der Waals surface area contributed by atoms with Gasteiger partial charge >= 0.3 is 0 Å². The number of allylic oxidation sites excluding steroid dienone is 2. The van der Waals surface area contributed by atoms with Crippen LogP contribution >= 0.6 is 0 Å². The Morgan fingerprint density at radius 1 is 0.562 bits per heavy atom. The van der Waals surface area contributed by atoms with E-state index in [-0.39, 0.29) is 55.8 Å². The molecule has 0 N–H and O–H groups in total. The van der Waals surface area contributed by atoms with E-state index < -0.39 is 30.5 Å². The van der Waals surface area contributed by atoms with Crippen molar-refractivity contribution < 1.29 is 35.8 Å². The summed E-state index contributed by atoms with van der Waals surface area (Å²) in [5.74, 6) is 2.54. The number of ether oxygens (including phenoxy) is 4. The molecule has 4 aromatic rings. The molecule has 2 aliphatic rings. The van der Waals surface area contributed by atoms with E-state index in [2.05, 4.69) is 19.2 Å². The Balaban J connectivity index is 1.30. The van der Waals surface area contributed by atoms with Gasteiger partial charge in [0.2, 0.25) is 20.0 Å². The van der Waals surface area contributed by atoms with Crippen LogP contribution in [0, 0.1) is 23.7 Å². The minimum Gasteiger partial charge on any atom is -0.497 e. The van der Waals surface area contributed by atoms with Gasteiger partial charge < -0.3 is 18.9 Å². The molecule has 64 heavy (non-hydrogen) atoms. The maximum atomic E-state index is 15.2. The Morgan fingerprint density at radius 3 is 1.28 bits per heavy atom. The smallest absolute Gasteiger partial charge is 0.218 e. The first-order valence-corrected chi connectivity index (χ1v) is 25.5. The van der Waals surface area contributed by atoms with Crippen LogP contribution in [0.1, 0.15) is 92.5 Å². The molecule has 1 unspecified atom stereocenters. The monoisotopic (exact) mass is 912 g/mol. The Morgan fingerprint density at radius 2 is 0.938 bits per heavy atom. The van der Waals surface area contributed by atoms with Crippen molar-refractivity contribution in [2.45, 2.75) is 101 Å². The fourth-order valence-electron chi connectivity index (χ4n) is 9.77. The first-order chi connectivity index (χ1) is 30.7. The zero-order valence-corrected chi connectivity index (χ0v) is 40.2. The first-order valence-electron chi connectivity index (χ1n) is 22.5. The van der Waals surface area contributed by atoms with Crippen LogP contribution in [0.3, 0.4) is 0 Å². The average molecular weight is 913 g/mol. The van der Waals surface area contributed by atoms with Crippen molar-refractivity contribution >= 4 is 20.0 Å². The highest BCUT2D eigenvalue weighted by molar-refractivity contribution is 7.90. The molecular formula is C52H68N2O8S2. The number of rotatable bonds is 25. The predicted molar refractivity (Wildman–Crippen MR) is 257 cm³/mol. The maximum absolute atomic E-state index is 15.2. The van der Waals surface area contributed by atoms with Gasteiger partial charge in [0.05, 0.1) is 38.9 Å². The predicted octanol–water partition coefficient (Wildman–Crippen LogP) is 10.5. The molecule has 0 aliphatic heterocycles. The summed E-state index contributed by atoms with van der Waals surface area (Å²) in [6, 6.07) is 28.6. The lowest BCUT2D eigenvalue weighted by molar-refractivity contribution is 0.210. The molecule has 2 saturated carbocycles. The molecule has 4 aromatic carbocycles. The van der Waals surface area contributed by atoms with Crippen LogP contribution < -0.4 is 18.9 Å². The third-order valence-corrected chi connectivity index (χ3v) is 18.5. The molecule has 0 heterocycles. The zero-order chi connectivity index (χ0) is 46.0. The Bertz CT molecular complexity index is 2310. The zero-order valence-electron chi connectivity index (χ0n) is 38.5. The summed E-state index contributed by atoms with van der Waals surface area (Å²) in [5.41, 5.74) is 4.41. The quantitative estimate of drug-likeness (QED) is 0.0605. The Labute approximate surface area is 383 Å². The number of benzene rings is 4. The molecular weight excluding hydrogens is 845 g/mol. The van der Waals surface area contributed by atoms with Crippen molar-refractivity contribution in [2.24, 2.45) is 23.7 Å². The molecule has 2 aliphatic carbocycles. The second kappa shape index (κ2) is 22.0. The molecule has 6 rings (SSSR count). The number of hydrogen-bond acceptors (Lipinski definition) is 8. The molecule has 0 radical (unpaired) electrons. The lowest BCUT2D eigenvalue weighted by Crippen LogP contribution is -2.48. The van der Waals surface area contributed by atoms with Gasteiger partial charge in [0, 0.05) is 26.2 Å². The van der Waals surface area contributed by atoms with Crippen molar-refractivity contribution in [2.75, 3.05) is 28.4 Å². The molecule has 10 nitrogen and oxygen atoms in total. The van der Waals surface area contributed by atoms with Gasteiger partial charge in [-0.1, -0.05) is 81.0 Å². The fraction of sp³-hybridized carbons (Fsp3) is 0.462. The molecule has 0 aromatic heterocycles. The van der Waals surface area contributed by atoms with Gasteiger partial charge in [0.1, 0.15) is 23.0 Å². The normalized spacial score (nSPS) is 18.6. The summed E-state index contributed by atoms with van der Waals surface area (Å²) < 4.78 is 85.8. The van der Waals surface area contributed by atoms with Crippen LogP contribution in [0.4, 0.5) is 0 Å². The summed E-state index contributed by atoms with van der Waals surface area (Å²) in [5, 5.41) is -1.19. The Hall–Kier alpha value is -4.62. The van der Waals surface area contributed by atoms with Crippen molar-refractivity contribution in [3.8, 4) is 23.0 Å². The van der Waals surface area contributed by atoms with Crippen molar-refractivity contribution in [1.82, 2.24) is 8.61 Å². The summed E-state index contributed by atoms with van der Waals surface area (Å²) >= 11 is 0. The van der Waals surface area contributed by atoms with E-state index in [9.17, 15) is 8.42 Å². The first kappa shape index (κ1) is 48.8. The van der Waals surface area contributed by atoms with Gasteiger partial charge in [0.25, 0.3) is 0 Å². The second-order valence-corrected chi connectivity index (χ2v) is 22.0. The average Bonchev–Trinajstić information content (AvgIpc) is 3.26. The van der Waals surface area contributed by atoms with E-state index in [0.29, 0.717) is 48.7 Å². The molecule has 4 atom stereocenters. The van der Waals surface area contributed by atoms with Gasteiger partial charge in [-0.25, -0.2) is 16.8 Å². The van der Waals surface area contributed by atoms with E-state index in [1.165, 1.54) is 0 Å². The minimum absolute atomic E-state index is 0.0205. The van der Waals surface area contributed by atoms with Crippen molar-refractivity contribution in [3.63, 3.8) is 0 Å². The number of sulfonamides is 2. The van der Waals surface area contributed by atoms with Crippen molar-refractivity contribution in [1.29, 1.82) is 0 Å². The minimum atomic E-state index is -3.89. The molecule has 0 saturated heterocycles. The maximum Gasteiger partial charge on any atom is 0.218 e. The van der Waals surface area contributed by atoms with E-state index >= 15 is 8.42 Å². The van der Waals surface area contributed by atoms with E-state index in [0.717, 1.165) is 47.1 Å². The summed E-state index contributed by atoms with van der Waals surface area (Å²) in [4.78, 5) is 0. The van der Waals surface area contributed by atoms with Gasteiger partial charge in [0.15, 0.2) is 0 Å². The third-order valence-electron chi connectivity index (χ3n) is 13.5. The lowest BCUT2D eigenvalue weighted by atomic mass is 9.67. The number of nitrogens with zero attached hydrogens (tertiary/aromatic N) is 2. The number of methoxy groups -OCH3 is 4. The highest BCUT2D eigenvalue weighted by Gasteiger charge is 2.48. The Kier molecular flexibility index (Phi) is 16.8. The topological polar surface area (TPSA) is 112 Å². The van der Waals surface area contributed by atoms with Crippen LogP contribution in [0.25, 0.3) is 0 Å². The summed E-state index contributed by atoms with van der Waals surface area (Å²) in [6.07, 6.45) is 8.94. The van der Waals surface area contributed by atoms with Crippen molar-refractivity contribution in [3.05, 3.63) is 144 Å². The molecule has 0 amide bonds. The fourth-order valence-corrected chi connectivity index (χ4v) is 14.6. The van der Waals surface area contributed by atoms with Crippen LogP contribution in [0.2, 0.25) is 0 Å². The van der Waals surface area contributed by atoms with Gasteiger partial charge in [-0.15, -0.1) is 13.2 Å². The molecule has 2 fully saturated rings. The largest absolute Gasteiger partial charge is 0.497 e. The molecule has 12 heteroatoms. The van der Waals surface area contributed by atoms with Gasteiger partial charge in [-0.05, 0) is 138 Å². The standard InChI is InChI=1S/C52H68N2O8S2/c1-9-12-37(3)51(43-14-11-15-43)63(55,56)54(35-41-20-27-48(61-7)28-21-41)36-42-22-29-50(62-8)49(30-42)44-31-45(32-44)52(38(4)13-10-2)64(57,58)53(33-39-16-23-46(59-5)24-17-39)34-40-18-25-47(60-6)26-19-40/h9-10,16-30,37-38,43-45,51-52H,1-2,11-15,31-36H2,3-8H3/t37-,38-,44?,45?,51+,52?/m1/s1. The number of hydrogen-bond donors (Lipinski definition) is 0. The SMILES string of the molecule is C=CC[C@@H](C)C(C1CC(c2cc(CN(Cc3ccc(OC)cc3)S(=O)(=O)[C@H](C3CCC3)[C@H](C)CC=C)ccc2OC)C1)S(=O)(=O)N(Cc1ccc(OC)cc1)Cc1ccc(OC)cc1. The van der Waals surface area contributed by atoms with Crippen LogP contribution in [0.5, 0.6) is 23.0 Å². The lowest BCUT2D eigenvalue weighted by Gasteiger charge is -2.44. The highest BCUT2D eigenvalue weighted by Crippen LogP contribution is 2.50. The molecule has 0 spiro atoms. The molecule has 346 valence electrons. The van der Waals surface area contributed by atoms with Gasteiger partial charge in [-0.3, -0.25) is 0 Å². The van der Waals surface area contributed by atoms with E-state index in [1.54, 1.807) is 37.0 Å². The van der Waals surface area contributed by atoms with Crippen LogP contribution in [-0.2, 0) is 46.2 Å². The highest BCUT2D eigenvalue weighted by atomic mass is 32.2. The second-order valence-electron chi connectivity index (χ2n) is 17.8. The van der Waals surface area contributed by atoms with Crippen LogP contribution in [-0.4, -0.2) is 64.4 Å². The summed E-state index contributed by atoms with van der Waals surface area (Å²) in [6.45, 7) is 12.8. The molecule has 0 bridgehead atoms. The van der Waals surface area contributed by atoms with E-state index in [4.69, 9.17) is 18.9 Å². The van der Waals surface area contributed by atoms with E-state index in [1.807, 2.05) is 111 Å². The van der Waals surface area contributed by atoms with Gasteiger partial charge in [-0.2, -0.15) is 8.61 Å². The third kappa shape index (κ3) is 11.4. The van der Waals surface area contributed by atoms with Crippen LogP contribution in [0.15, 0.2) is 116 Å². The summed E-state index contributed by atoms with van der Waals surface area (Å²) in [7, 11) is -1.18.